The van der Waals surface area contributed by atoms with Crippen LogP contribution in [-0.2, 0) is 4.79 Å². The maximum atomic E-state index is 13.7. The van der Waals surface area contributed by atoms with Gasteiger partial charge in [-0.1, -0.05) is 19.3 Å². The van der Waals surface area contributed by atoms with E-state index in [1.165, 1.54) is 11.3 Å². The van der Waals surface area contributed by atoms with Crippen molar-refractivity contribution in [1.82, 2.24) is 14.8 Å². The highest BCUT2D eigenvalue weighted by Gasteiger charge is 2.31. The van der Waals surface area contributed by atoms with Gasteiger partial charge in [0.1, 0.15) is 5.82 Å². The maximum Gasteiger partial charge on any atom is 0.275 e. The Labute approximate surface area is 139 Å². The molecule has 5 nitrogen and oxygen atoms in total. The van der Waals surface area contributed by atoms with Crippen molar-refractivity contribution in [3.05, 3.63) is 29.6 Å². The Morgan fingerprint density at radius 3 is 2.25 bits per heavy atom. The third kappa shape index (κ3) is 3.55. The smallest absolute Gasteiger partial charge is 0.275 e. The molecule has 0 bridgehead atoms. The molecule has 0 radical (unpaired) electrons. The van der Waals surface area contributed by atoms with Crippen molar-refractivity contribution in [2.45, 2.75) is 32.1 Å². The fourth-order valence-corrected chi connectivity index (χ4v) is 3.46. The molecule has 0 aromatic carbocycles. The molecule has 1 aromatic rings. The van der Waals surface area contributed by atoms with Gasteiger partial charge in [0.15, 0.2) is 11.5 Å². The van der Waals surface area contributed by atoms with E-state index in [1.54, 1.807) is 4.90 Å². The summed E-state index contributed by atoms with van der Waals surface area (Å²) in [6.45, 7) is 1.58. The largest absolute Gasteiger partial charge is 0.339 e. The van der Waals surface area contributed by atoms with Gasteiger partial charge in [-0.05, 0) is 12.8 Å². The minimum Gasteiger partial charge on any atom is -0.339 e. The standard InChI is InChI=1S/C17H21F2N3O2/c18-13-10-14(19)15(20-11-13)17(24)22-8-6-21(7-9-22)16(23)12-4-2-1-3-5-12/h10-12H,1-9H2. The van der Waals surface area contributed by atoms with Crippen LogP contribution in [-0.4, -0.2) is 52.8 Å². The zero-order valence-electron chi connectivity index (χ0n) is 13.5. The van der Waals surface area contributed by atoms with E-state index in [4.69, 9.17) is 0 Å². The molecule has 3 rings (SSSR count). The Kier molecular flexibility index (Phi) is 5.06. The predicted octanol–water partition coefficient (Wildman–Crippen LogP) is 2.22. The molecule has 1 aliphatic carbocycles. The number of rotatable bonds is 2. The van der Waals surface area contributed by atoms with Crippen LogP contribution in [0.2, 0.25) is 0 Å². The van der Waals surface area contributed by atoms with Crippen LogP contribution in [0, 0.1) is 17.6 Å². The van der Waals surface area contributed by atoms with Gasteiger partial charge in [0.25, 0.3) is 5.91 Å². The second-order valence-corrected chi connectivity index (χ2v) is 6.44. The Bertz CT molecular complexity index is 624. The van der Waals surface area contributed by atoms with Crippen LogP contribution in [0.25, 0.3) is 0 Å². The monoisotopic (exact) mass is 337 g/mol. The molecule has 130 valence electrons. The molecule has 24 heavy (non-hydrogen) atoms. The molecule has 2 amide bonds. The quantitative estimate of drug-likeness (QED) is 0.831. The summed E-state index contributed by atoms with van der Waals surface area (Å²) in [6, 6.07) is 0.656. The second-order valence-electron chi connectivity index (χ2n) is 6.44. The van der Waals surface area contributed by atoms with E-state index in [9.17, 15) is 18.4 Å². The van der Waals surface area contributed by atoms with Gasteiger partial charge in [-0.3, -0.25) is 9.59 Å². The van der Waals surface area contributed by atoms with Crippen molar-refractivity contribution in [2.75, 3.05) is 26.2 Å². The Balaban J connectivity index is 1.58. The van der Waals surface area contributed by atoms with Gasteiger partial charge >= 0.3 is 0 Å². The Hall–Kier alpha value is -2.05. The molecule has 2 heterocycles. The lowest BCUT2D eigenvalue weighted by atomic mass is 9.88. The number of carbonyl (C=O) groups excluding carboxylic acids is 2. The molecular weight excluding hydrogens is 316 g/mol. The van der Waals surface area contributed by atoms with E-state index < -0.39 is 17.5 Å². The third-order valence-corrected chi connectivity index (χ3v) is 4.84. The van der Waals surface area contributed by atoms with Crippen molar-refractivity contribution in [3.8, 4) is 0 Å². The number of carbonyl (C=O) groups is 2. The number of hydrogen-bond donors (Lipinski definition) is 0. The lowest BCUT2D eigenvalue weighted by molar-refractivity contribution is -0.138. The number of aromatic nitrogens is 1. The van der Waals surface area contributed by atoms with Crippen LogP contribution in [0.5, 0.6) is 0 Å². The summed E-state index contributed by atoms with van der Waals surface area (Å²) >= 11 is 0. The van der Waals surface area contributed by atoms with Gasteiger partial charge in [0.2, 0.25) is 5.91 Å². The van der Waals surface area contributed by atoms with Crippen LogP contribution in [0.4, 0.5) is 8.78 Å². The average Bonchev–Trinajstić information content (AvgIpc) is 2.61. The van der Waals surface area contributed by atoms with E-state index in [1.807, 2.05) is 0 Å². The predicted molar refractivity (Wildman–Crippen MR) is 83.2 cm³/mol. The first-order chi connectivity index (χ1) is 11.6. The van der Waals surface area contributed by atoms with E-state index in [-0.39, 0.29) is 17.5 Å². The lowest BCUT2D eigenvalue weighted by Gasteiger charge is -2.37. The van der Waals surface area contributed by atoms with Gasteiger partial charge < -0.3 is 9.80 Å². The van der Waals surface area contributed by atoms with Crippen LogP contribution >= 0.6 is 0 Å². The number of piperazine rings is 1. The topological polar surface area (TPSA) is 53.5 Å². The third-order valence-electron chi connectivity index (χ3n) is 4.84. The van der Waals surface area contributed by atoms with E-state index in [2.05, 4.69) is 4.98 Å². The summed E-state index contributed by atoms with van der Waals surface area (Å²) < 4.78 is 26.6. The highest BCUT2D eigenvalue weighted by Crippen LogP contribution is 2.26. The fourth-order valence-electron chi connectivity index (χ4n) is 3.46. The highest BCUT2D eigenvalue weighted by molar-refractivity contribution is 5.92. The van der Waals surface area contributed by atoms with Crippen molar-refractivity contribution in [2.24, 2.45) is 5.92 Å². The average molecular weight is 337 g/mol. The highest BCUT2D eigenvalue weighted by atomic mass is 19.1. The van der Waals surface area contributed by atoms with E-state index in [0.717, 1.165) is 31.9 Å². The molecule has 0 unspecified atom stereocenters. The molecule has 2 fully saturated rings. The number of pyridine rings is 1. The Morgan fingerprint density at radius 1 is 1.00 bits per heavy atom. The van der Waals surface area contributed by atoms with Crippen LogP contribution in [0.15, 0.2) is 12.3 Å². The summed E-state index contributed by atoms with van der Waals surface area (Å²) in [6.07, 6.45) is 6.13. The van der Waals surface area contributed by atoms with Crippen LogP contribution < -0.4 is 0 Å². The summed E-state index contributed by atoms with van der Waals surface area (Å²) in [5.41, 5.74) is -0.372. The number of halogens is 2. The first kappa shape index (κ1) is 16.8. The summed E-state index contributed by atoms with van der Waals surface area (Å²) in [7, 11) is 0. The van der Waals surface area contributed by atoms with E-state index in [0.29, 0.717) is 32.2 Å². The van der Waals surface area contributed by atoms with Crippen LogP contribution in [0.3, 0.4) is 0 Å². The van der Waals surface area contributed by atoms with Gasteiger partial charge in [-0.2, -0.15) is 0 Å². The second kappa shape index (κ2) is 7.23. The number of nitrogens with zero attached hydrogens (tertiary/aromatic N) is 3. The molecule has 1 aromatic heterocycles. The van der Waals surface area contributed by atoms with Gasteiger partial charge in [-0.15, -0.1) is 0 Å². The van der Waals surface area contributed by atoms with E-state index >= 15 is 0 Å². The molecule has 0 N–H and O–H groups in total. The van der Waals surface area contributed by atoms with Crippen molar-refractivity contribution in [1.29, 1.82) is 0 Å². The zero-order chi connectivity index (χ0) is 17.1. The molecule has 1 saturated carbocycles. The molecule has 0 atom stereocenters. The normalized spacial score (nSPS) is 19.4. The number of hydrogen-bond acceptors (Lipinski definition) is 3. The minimum atomic E-state index is -0.958. The zero-order valence-corrected chi connectivity index (χ0v) is 13.5. The van der Waals surface area contributed by atoms with Crippen molar-refractivity contribution < 1.29 is 18.4 Å². The first-order valence-corrected chi connectivity index (χ1v) is 8.45. The Morgan fingerprint density at radius 2 is 1.62 bits per heavy atom. The lowest BCUT2D eigenvalue weighted by Crippen LogP contribution is -2.52. The van der Waals surface area contributed by atoms with Crippen molar-refractivity contribution >= 4 is 11.8 Å². The van der Waals surface area contributed by atoms with Gasteiger partial charge in [0.05, 0.1) is 6.20 Å². The van der Waals surface area contributed by atoms with Crippen molar-refractivity contribution in [3.63, 3.8) is 0 Å². The van der Waals surface area contributed by atoms with Gasteiger partial charge in [-0.25, -0.2) is 13.8 Å². The molecule has 2 aliphatic rings. The molecule has 1 saturated heterocycles. The summed E-state index contributed by atoms with van der Waals surface area (Å²) in [5.74, 6) is -2.05. The summed E-state index contributed by atoms with van der Waals surface area (Å²) in [5, 5.41) is 0. The number of amides is 2. The van der Waals surface area contributed by atoms with Crippen LogP contribution in [0.1, 0.15) is 42.6 Å². The maximum absolute atomic E-state index is 13.7. The van der Waals surface area contributed by atoms with Gasteiger partial charge in [0, 0.05) is 38.2 Å². The molecule has 0 spiro atoms. The SMILES string of the molecule is O=C(c1ncc(F)cc1F)N1CCN(C(=O)C2CCCCC2)CC1. The molecule has 1 aliphatic heterocycles. The fraction of sp³-hybridized carbons (Fsp3) is 0.588. The summed E-state index contributed by atoms with van der Waals surface area (Å²) in [4.78, 5) is 31.6. The molecule has 7 heteroatoms. The first-order valence-electron chi connectivity index (χ1n) is 8.45. The molecular formula is C17H21F2N3O2. The minimum absolute atomic E-state index is 0.109.